The van der Waals surface area contributed by atoms with Gasteiger partial charge in [0.05, 0.1) is 17.1 Å². The van der Waals surface area contributed by atoms with Crippen molar-refractivity contribution in [3.8, 4) is 28.9 Å². The molecule has 29 heavy (non-hydrogen) atoms. The van der Waals surface area contributed by atoms with Crippen molar-refractivity contribution in [2.24, 2.45) is 0 Å². The molecule has 0 aliphatic heterocycles. The first-order valence-electron chi connectivity index (χ1n) is 8.88. The molecule has 0 radical (unpaired) electrons. The molecule has 0 saturated heterocycles. The van der Waals surface area contributed by atoms with Crippen molar-refractivity contribution in [3.05, 3.63) is 71.5 Å². The summed E-state index contributed by atoms with van der Waals surface area (Å²) in [5.41, 5.74) is 2.11. The fraction of sp³-hybridized carbons (Fsp3) is 0.0909. The average molecular weight is 397 g/mol. The summed E-state index contributed by atoms with van der Waals surface area (Å²) in [6, 6.07) is 16.9. The standard InChI is InChI=1S/C22H15N5OS/c23-13-16-6-5-8-18(12-16)28-22-27-17(14-29-22)7-3-4-11-24-21-19-9-1-2-10-20(19)25-15-26-21/h1-2,5-6,8-10,12,14-15H,4,11H2,(H,24,25,26). The molecule has 4 rings (SSSR count). The molecule has 6 nitrogen and oxygen atoms in total. The first-order chi connectivity index (χ1) is 14.3. The predicted octanol–water partition coefficient (Wildman–Crippen LogP) is 4.60. The molecule has 0 bridgehead atoms. The molecule has 0 aliphatic carbocycles. The Balaban J connectivity index is 1.32. The molecule has 0 unspecified atom stereocenters. The maximum Gasteiger partial charge on any atom is 0.279 e. The van der Waals surface area contributed by atoms with E-state index in [-0.39, 0.29) is 0 Å². The van der Waals surface area contributed by atoms with Crippen molar-refractivity contribution in [1.29, 1.82) is 5.26 Å². The summed E-state index contributed by atoms with van der Waals surface area (Å²) in [7, 11) is 0. The van der Waals surface area contributed by atoms with Crippen LogP contribution >= 0.6 is 11.3 Å². The lowest BCUT2D eigenvalue weighted by Crippen LogP contribution is -2.03. The van der Waals surface area contributed by atoms with Crippen molar-refractivity contribution in [2.45, 2.75) is 6.42 Å². The highest BCUT2D eigenvalue weighted by molar-refractivity contribution is 7.11. The summed E-state index contributed by atoms with van der Waals surface area (Å²) in [6.45, 7) is 0.669. The highest BCUT2D eigenvalue weighted by Crippen LogP contribution is 2.25. The fourth-order valence-electron chi connectivity index (χ4n) is 2.63. The number of nitrogens with zero attached hydrogens (tertiary/aromatic N) is 4. The van der Waals surface area contributed by atoms with Crippen LogP contribution in [0.5, 0.6) is 10.9 Å². The number of benzene rings is 2. The Labute approximate surface area is 171 Å². The molecule has 0 spiro atoms. The van der Waals surface area contributed by atoms with Gasteiger partial charge in [-0.15, -0.1) is 0 Å². The van der Waals surface area contributed by atoms with Gasteiger partial charge in [0.2, 0.25) is 0 Å². The highest BCUT2D eigenvalue weighted by Gasteiger charge is 2.04. The molecule has 0 fully saturated rings. The van der Waals surface area contributed by atoms with E-state index in [4.69, 9.17) is 10.00 Å². The van der Waals surface area contributed by atoms with Gasteiger partial charge in [0.15, 0.2) is 0 Å². The molecule has 0 amide bonds. The van der Waals surface area contributed by atoms with Crippen molar-refractivity contribution in [2.75, 3.05) is 11.9 Å². The number of anilines is 1. The Bertz CT molecular complexity index is 1240. The van der Waals surface area contributed by atoms with Gasteiger partial charge in [-0.25, -0.2) is 9.97 Å². The number of thiazole rings is 1. The Morgan fingerprint density at radius 1 is 1.10 bits per heavy atom. The van der Waals surface area contributed by atoms with Gasteiger partial charge >= 0.3 is 0 Å². The van der Waals surface area contributed by atoms with Gasteiger partial charge in [0.25, 0.3) is 5.19 Å². The Morgan fingerprint density at radius 2 is 2.03 bits per heavy atom. The topological polar surface area (TPSA) is 83.7 Å². The lowest BCUT2D eigenvalue weighted by Gasteiger charge is -2.05. The second-order valence-corrected chi connectivity index (χ2v) is 6.78. The number of aromatic nitrogens is 3. The number of fused-ring (bicyclic) bond motifs is 1. The summed E-state index contributed by atoms with van der Waals surface area (Å²) in [6.07, 6.45) is 2.20. The van der Waals surface area contributed by atoms with Crippen molar-refractivity contribution in [3.63, 3.8) is 0 Å². The van der Waals surface area contributed by atoms with Crippen LogP contribution in [0.2, 0.25) is 0 Å². The minimum absolute atomic E-state index is 0.495. The van der Waals surface area contributed by atoms with Crippen LogP contribution in [-0.4, -0.2) is 21.5 Å². The van der Waals surface area contributed by atoms with Gasteiger partial charge in [0.1, 0.15) is 23.6 Å². The zero-order valence-corrected chi connectivity index (χ0v) is 16.1. The lowest BCUT2D eigenvalue weighted by molar-refractivity contribution is 0.478. The van der Waals surface area contributed by atoms with E-state index >= 15 is 0 Å². The number of nitriles is 1. The zero-order chi connectivity index (χ0) is 19.9. The quantitative estimate of drug-likeness (QED) is 0.391. The third-order valence-electron chi connectivity index (χ3n) is 3.95. The van der Waals surface area contributed by atoms with E-state index in [1.807, 2.05) is 29.6 Å². The number of hydrogen-bond acceptors (Lipinski definition) is 7. The first kappa shape index (κ1) is 18.4. The van der Waals surface area contributed by atoms with Crippen LogP contribution < -0.4 is 10.1 Å². The smallest absolute Gasteiger partial charge is 0.279 e. The van der Waals surface area contributed by atoms with E-state index in [0.717, 1.165) is 16.7 Å². The minimum atomic E-state index is 0.495. The van der Waals surface area contributed by atoms with Crippen LogP contribution in [0.15, 0.2) is 60.2 Å². The van der Waals surface area contributed by atoms with Gasteiger partial charge in [-0.1, -0.05) is 35.5 Å². The summed E-state index contributed by atoms with van der Waals surface area (Å²) in [5.74, 6) is 7.54. The molecule has 0 aliphatic rings. The van der Waals surface area contributed by atoms with E-state index in [9.17, 15) is 0 Å². The molecule has 2 aromatic heterocycles. The molecule has 2 heterocycles. The number of rotatable bonds is 5. The number of para-hydroxylation sites is 1. The van der Waals surface area contributed by atoms with Crippen LogP contribution in [0.25, 0.3) is 10.9 Å². The van der Waals surface area contributed by atoms with Crippen molar-refractivity contribution < 1.29 is 4.74 Å². The maximum atomic E-state index is 8.95. The van der Waals surface area contributed by atoms with E-state index < -0.39 is 0 Å². The van der Waals surface area contributed by atoms with Crippen molar-refractivity contribution >= 4 is 28.1 Å². The maximum absolute atomic E-state index is 8.95. The van der Waals surface area contributed by atoms with Gasteiger partial charge in [-0.3, -0.25) is 0 Å². The second kappa shape index (κ2) is 8.83. The van der Waals surface area contributed by atoms with Crippen LogP contribution in [-0.2, 0) is 0 Å². The third kappa shape index (κ3) is 4.67. The second-order valence-electron chi connectivity index (χ2n) is 5.96. The predicted molar refractivity (Wildman–Crippen MR) is 113 cm³/mol. The number of nitrogens with one attached hydrogen (secondary N) is 1. The van der Waals surface area contributed by atoms with E-state index in [2.05, 4.69) is 38.2 Å². The summed E-state index contributed by atoms with van der Waals surface area (Å²) in [4.78, 5) is 12.9. The normalized spacial score (nSPS) is 10.0. The molecule has 2 aromatic carbocycles. The van der Waals surface area contributed by atoms with Crippen LogP contribution in [0.3, 0.4) is 0 Å². The van der Waals surface area contributed by atoms with Gasteiger partial charge in [-0.05, 0) is 36.3 Å². The largest absolute Gasteiger partial charge is 0.431 e. The zero-order valence-electron chi connectivity index (χ0n) is 15.3. The summed E-state index contributed by atoms with van der Waals surface area (Å²) < 4.78 is 5.69. The molecular weight excluding hydrogens is 382 g/mol. The SMILES string of the molecule is N#Cc1cccc(Oc2nc(C#CCCNc3ncnc4ccccc34)cs2)c1. The van der Waals surface area contributed by atoms with E-state index in [1.165, 1.54) is 11.3 Å². The Hall–Kier alpha value is -3.94. The van der Waals surface area contributed by atoms with Crippen molar-refractivity contribution in [1.82, 2.24) is 15.0 Å². The Kier molecular flexibility index (Phi) is 5.61. The molecular formula is C22H15N5OS. The van der Waals surface area contributed by atoms with Crippen LogP contribution in [0.4, 0.5) is 5.82 Å². The fourth-order valence-corrected chi connectivity index (χ4v) is 3.25. The molecule has 7 heteroatoms. The average Bonchev–Trinajstić information content (AvgIpc) is 3.21. The van der Waals surface area contributed by atoms with Gasteiger partial charge in [0, 0.05) is 23.7 Å². The molecule has 1 N–H and O–H groups in total. The van der Waals surface area contributed by atoms with Gasteiger partial charge in [-0.2, -0.15) is 10.2 Å². The molecule has 140 valence electrons. The number of ether oxygens (including phenoxy) is 1. The summed E-state index contributed by atoms with van der Waals surface area (Å²) in [5, 5.41) is 15.6. The number of hydrogen-bond donors (Lipinski definition) is 1. The molecule has 0 atom stereocenters. The third-order valence-corrected chi connectivity index (χ3v) is 4.67. The minimum Gasteiger partial charge on any atom is -0.431 e. The van der Waals surface area contributed by atoms with E-state index in [0.29, 0.717) is 35.2 Å². The molecule has 0 saturated carbocycles. The monoisotopic (exact) mass is 397 g/mol. The summed E-state index contributed by atoms with van der Waals surface area (Å²) >= 11 is 1.37. The first-order valence-corrected chi connectivity index (χ1v) is 9.76. The molecule has 4 aromatic rings. The highest BCUT2D eigenvalue weighted by atomic mass is 32.1. The van der Waals surface area contributed by atoms with Crippen LogP contribution in [0.1, 0.15) is 17.7 Å². The Morgan fingerprint density at radius 3 is 2.97 bits per heavy atom. The lowest BCUT2D eigenvalue weighted by atomic mass is 10.2. The van der Waals surface area contributed by atoms with Gasteiger partial charge < -0.3 is 10.1 Å². The van der Waals surface area contributed by atoms with Crippen LogP contribution in [0, 0.1) is 23.2 Å². The van der Waals surface area contributed by atoms with E-state index in [1.54, 1.807) is 30.6 Å².